The highest BCUT2D eigenvalue weighted by Crippen LogP contribution is 2.44. The van der Waals surface area contributed by atoms with Crippen LogP contribution in [-0.2, 0) is 4.79 Å². The standard InChI is InChI=1S/C14H11F2NO2S2/c15-14(16)19-9-3-1-2-8(6-9)12-13-10(4-5-20-13)17-11(18)7-21-12/h1-6,12,14H,7H2,(H,17,18)/t12-/m0/s1. The van der Waals surface area contributed by atoms with E-state index < -0.39 is 6.61 Å². The van der Waals surface area contributed by atoms with E-state index in [0.717, 1.165) is 16.1 Å². The second-order valence-corrected chi connectivity index (χ2v) is 6.43. The van der Waals surface area contributed by atoms with Gasteiger partial charge in [-0.1, -0.05) is 12.1 Å². The quantitative estimate of drug-likeness (QED) is 0.921. The van der Waals surface area contributed by atoms with Gasteiger partial charge in [-0.15, -0.1) is 23.1 Å². The van der Waals surface area contributed by atoms with Crippen molar-refractivity contribution in [3.8, 4) is 5.75 Å². The fraction of sp³-hybridized carbons (Fsp3) is 0.214. The third kappa shape index (κ3) is 3.19. The number of halogens is 2. The van der Waals surface area contributed by atoms with Crippen molar-refractivity contribution in [3.63, 3.8) is 0 Å². The number of rotatable bonds is 3. The Morgan fingerprint density at radius 1 is 1.33 bits per heavy atom. The van der Waals surface area contributed by atoms with Crippen molar-refractivity contribution >= 4 is 34.7 Å². The first-order valence-corrected chi connectivity index (χ1v) is 8.10. The molecule has 7 heteroatoms. The minimum atomic E-state index is -2.84. The third-order valence-electron chi connectivity index (χ3n) is 2.97. The maximum Gasteiger partial charge on any atom is 0.387 e. The van der Waals surface area contributed by atoms with Gasteiger partial charge in [0.25, 0.3) is 0 Å². The monoisotopic (exact) mass is 327 g/mol. The van der Waals surface area contributed by atoms with E-state index in [0.29, 0.717) is 5.75 Å². The van der Waals surface area contributed by atoms with Crippen LogP contribution in [0.4, 0.5) is 14.5 Å². The van der Waals surface area contributed by atoms with Gasteiger partial charge in [0.2, 0.25) is 5.91 Å². The number of amides is 1. The van der Waals surface area contributed by atoms with Gasteiger partial charge in [-0.25, -0.2) is 0 Å². The number of thioether (sulfide) groups is 1. The molecule has 1 amide bonds. The van der Waals surface area contributed by atoms with Crippen LogP contribution in [0.1, 0.15) is 15.7 Å². The summed E-state index contributed by atoms with van der Waals surface area (Å²) in [5, 5.41) is 4.69. The number of hydrogen-bond donors (Lipinski definition) is 1. The van der Waals surface area contributed by atoms with Crippen molar-refractivity contribution in [3.05, 3.63) is 46.2 Å². The highest BCUT2D eigenvalue weighted by molar-refractivity contribution is 8.00. The van der Waals surface area contributed by atoms with Crippen LogP contribution in [0.3, 0.4) is 0 Å². The molecule has 0 aliphatic carbocycles. The Balaban J connectivity index is 1.95. The molecule has 1 aliphatic rings. The van der Waals surface area contributed by atoms with Crippen molar-refractivity contribution in [2.24, 2.45) is 0 Å². The zero-order valence-corrected chi connectivity index (χ0v) is 12.3. The molecule has 1 aromatic carbocycles. The van der Waals surface area contributed by atoms with E-state index in [2.05, 4.69) is 10.1 Å². The second kappa shape index (κ2) is 6.03. The number of ether oxygens (including phenoxy) is 1. The van der Waals surface area contributed by atoms with Crippen LogP contribution in [0.25, 0.3) is 0 Å². The van der Waals surface area contributed by atoms with Crippen molar-refractivity contribution in [2.75, 3.05) is 11.1 Å². The Bertz CT molecular complexity index is 660. The number of hydrogen-bond acceptors (Lipinski definition) is 4. The van der Waals surface area contributed by atoms with Gasteiger partial charge in [-0.3, -0.25) is 4.79 Å². The molecule has 21 heavy (non-hydrogen) atoms. The summed E-state index contributed by atoms with van der Waals surface area (Å²) in [7, 11) is 0. The molecule has 1 atom stereocenters. The second-order valence-electron chi connectivity index (χ2n) is 4.39. The Hall–Kier alpha value is -1.60. The molecule has 0 spiro atoms. The average Bonchev–Trinajstić information content (AvgIpc) is 2.81. The van der Waals surface area contributed by atoms with Crippen molar-refractivity contribution in [1.29, 1.82) is 0 Å². The predicted molar refractivity (Wildman–Crippen MR) is 80.3 cm³/mol. The summed E-state index contributed by atoms with van der Waals surface area (Å²) in [6.45, 7) is -2.84. The lowest BCUT2D eigenvalue weighted by molar-refractivity contribution is -0.113. The molecule has 1 aromatic heterocycles. The average molecular weight is 327 g/mol. The number of benzene rings is 1. The summed E-state index contributed by atoms with van der Waals surface area (Å²) in [4.78, 5) is 12.7. The molecule has 1 N–H and O–H groups in total. The van der Waals surface area contributed by atoms with Crippen LogP contribution in [0.2, 0.25) is 0 Å². The van der Waals surface area contributed by atoms with Gasteiger partial charge in [-0.05, 0) is 29.1 Å². The van der Waals surface area contributed by atoms with E-state index in [-0.39, 0.29) is 16.9 Å². The molecule has 3 rings (SSSR count). The van der Waals surface area contributed by atoms with Gasteiger partial charge < -0.3 is 10.1 Å². The summed E-state index contributed by atoms with van der Waals surface area (Å²) in [5.41, 5.74) is 1.64. The van der Waals surface area contributed by atoms with Crippen molar-refractivity contribution in [2.45, 2.75) is 11.9 Å². The number of anilines is 1. The molecule has 0 bridgehead atoms. The maximum atomic E-state index is 12.3. The summed E-state index contributed by atoms with van der Waals surface area (Å²) in [5.74, 6) is 0.401. The molecule has 0 unspecified atom stereocenters. The van der Waals surface area contributed by atoms with E-state index in [1.165, 1.54) is 29.2 Å². The summed E-state index contributed by atoms with van der Waals surface area (Å²) in [6, 6.07) is 8.49. The molecule has 110 valence electrons. The van der Waals surface area contributed by atoms with Gasteiger partial charge in [0.05, 0.1) is 16.7 Å². The summed E-state index contributed by atoms with van der Waals surface area (Å²) < 4.78 is 29.1. The molecule has 0 fully saturated rings. The minimum Gasteiger partial charge on any atom is -0.435 e. The first kappa shape index (κ1) is 14.3. The van der Waals surface area contributed by atoms with Crippen molar-refractivity contribution in [1.82, 2.24) is 0 Å². The van der Waals surface area contributed by atoms with E-state index in [4.69, 9.17) is 0 Å². The number of fused-ring (bicyclic) bond motifs is 1. The molecule has 0 radical (unpaired) electrons. The van der Waals surface area contributed by atoms with Gasteiger partial charge >= 0.3 is 6.61 Å². The van der Waals surface area contributed by atoms with Crippen LogP contribution in [-0.4, -0.2) is 18.3 Å². The fourth-order valence-electron chi connectivity index (χ4n) is 2.15. The number of thiophene rings is 1. The van der Waals surface area contributed by atoms with E-state index in [1.54, 1.807) is 12.1 Å². The van der Waals surface area contributed by atoms with Gasteiger partial charge in [0.15, 0.2) is 0 Å². The smallest absolute Gasteiger partial charge is 0.387 e. The van der Waals surface area contributed by atoms with Gasteiger partial charge in [0, 0.05) is 4.88 Å². The lowest BCUT2D eigenvalue weighted by Gasteiger charge is -2.15. The highest BCUT2D eigenvalue weighted by Gasteiger charge is 2.25. The van der Waals surface area contributed by atoms with Crippen LogP contribution in [0.5, 0.6) is 5.75 Å². The normalized spacial score (nSPS) is 18.0. The zero-order chi connectivity index (χ0) is 14.8. The third-order valence-corrected chi connectivity index (χ3v) is 5.38. The summed E-state index contributed by atoms with van der Waals surface area (Å²) in [6.07, 6.45) is 0. The van der Waals surface area contributed by atoms with Crippen LogP contribution in [0, 0.1) is 0 Å². The van der Waals surface area contributed by atoms with Crippen LogP contribution >= 0.6 is 23.1 Å². The maximum absolute atomic E-state index is 12.3. The first-order chi connectivity index (χ1) is 10.1. The van der Waals surface area contributed by atoms with E-state index in [1.807, 2.05) is 17.5 Å². The zero-order valence-electron chi connectivity index (χ0n) is 10.7. The Kier molecular flexibility index (Phi) is 4.12. The molecular formula is C14H11F2NO2S2. The number of nitrogens with one attached hydrogen (secondary N) is 1. The van der Waals surface area contributed by atoms with Crippen molar-refractivity contribution < 1.29 is 18.3 Å². The minimum absolute atomic E-state index is 0.0536. The lowest BCUT2D eigenvalue weighted by Crippen LogP contribution is -2.11. The Morgan fingerprint density at radius 3 is 3.00 bits per heavy atom. The van der Waals surface area contributed by atoms with E-state index in [9.17, 15) is 13.6 Å². The molecule has 3 nitrogen and oxygen atoms in total. The largest absolute Gasteiger partial charge is 0.435 e. The van der Waals surface area contributed by atoms with Gasteiger partial charge in [0.1, 0.15) is 5.75 Å². The Labute approximate surface area is 128 Å². The lowest BCUT2D eigenvalue weighted by atomic mass is 10.1. The molecule has 0 saturated carbocycles. The Morgan fingerprint density at radius 2 is 2.19 bits per heavy atom. The SMILES string of the molecule is O=C1CS[C@@H](c2cccc(OC(F)F)c2)c2sccc2N1. The number of carbonyl (C=O) groups is 1. The topological polar surface area (TPSA) is 38.3 Å². The molecular weight excluding hydrogens is 316 g/mol. The summed E-state index contributed by atoms with van der Waals surface area (Å²) >= 11 is 3.01. The molecule has 1 aliphatic heterocycles. The fourth-order valence-corrected chi connectivity index (χ4v) is 4.38. The van der Waals surface area contributed by atoms with Crippen LogP contribution in [0.15, 0.2) is 35.7 Å². The first-order valence-electron chi connectivity index (χ1n) is 6.17. The number of carbonyl (C=O) groups excluding carboxylic acids is 1. The van der Waals surface area contributed by atoms with Crippen LogP contribution < -0.4 is 10.1 Å². The molecule has 2 heterocycles. The molecule has 2 aromatic rings. The van der Waals surface area contributed by atoms with E-state index >= 15 is 0 Å². The van der Waals surface area contributed by atoms with Gasteiger partial charge in [-0.2, -0.15) is 8.78 Å². The highest BCUT2D eigenvalue weighted by atomic mass is 32.2. The number of alkyl halides is 2. The predicted octanol–water partition coefficient (Wildman–Crippen LogP) is 4.12. The molecule has 0 saturated heterocycles.